The summed E-state index contributed by atoms with van der Waals surface area (Å²) in [6.45, 7) is 7.67. The third-order valence-electron chi connectivity index (χ3n) is 4.94. The zero-order valence-electron chi connectivity index (χ0n) is 16.4. The number of piperidine rings is 1. The van der Waals surface area contributed by atoms with E-state index in [1.807, 2.05) is 37.4 Å². The van der Waals surface area contributed by atoms with Crippen molar-refractivity contribution >= 4 is 15.8 Å². The minimum absolute atomic E-state index is 0.156. The van der Waals surface area contributed by atoms with Crippen molar-refractivity contribution in [2.24, 2.45) is 5.92 Å². The van der Waals surface area contributed by atoms with Crippen molar-refractivity contribution in [1.29, 1.82) is 0 Å². The first-order valence-corrected chi connectivity index (χ1v) is 11.1. The molecule has 2 aromatic rings. The van der Waals surface area contributed by atoms with Crippen molar-refractivity contribution in [2.75, 3.05) is 18.4 Å². The average molecular weight is 388 g/mol. The number of anilines is 1. The van der Waals surface area contributed by atoms with Gasteiger partial charge in [-0.05, 0) is 49.4 Å². The minimum atomic E-state index is -3.52. The molecular weight excluding hydrogens is 358 g/mol. The molecule has 2 heterocycles. The standard InChI is InChI=1S/C21H29N3O2S/c1-16(2)14-22-21-12-9-18(15-23-21)20-6-4-5-13-24(20)27(25,26)19-10-7-17(3)8-11-19/h7-12,15-16,20H,4-6,13-14H2,1-3H3,(H,22,23)/t20-/m0/s1. The molecule has 1 N–H and O–H groups in total. The molecule has 0 spiro atoms. The molecule has 1 atom stereocenters. The van der Waals surface area contributed by atoms with Gasteiger partial charge in [0.2, 0.25) is 10.0 Å². The lowest BCUT2D eigenvalue weighted by molar-refractivity contribution is 0.255. The second-order valence-electron chi connectivity index (χ2n) is 7.69. The summed E-state index contributed by atoms with van der Waals surface area (Å²) in [5, 5.41) is 3.30. The molecule has 146 valence electrons. The smallest absolute Gasteiger partial charge is 0.243 e. The first kappa shape index (κ1) is 19.8. The Morgan fingerprint density at radius 3 is 2.52 bits per heavy atom. The Bertz CT molecular complexity index is 846. The predicted octanol–water partition coefficient (Wildman–Crippen LogP) is 4.37. The van der Waals surface area contributed by atoms with E-state index in [0.29, 0.717) is 17.4 Å². The highest BCUT2D eigenvalue weighted by atomic mass is 32.2. The lowest BCUT2D eigenvalue weighted by Gasteiger charge is -2.35. The molecule has 0 unspecified atom stereocenters. The summed E-state index contributed by atoms with van der Waals surface area (Å²) in [6.07, 6.45) is 4.56. The number of hydrogen-bond donors (Lipinski definition) is 1. The van der Waals surface area contributed by atoms with Gasteiger partial charge in [-0.3, -0.25) is 0 Å². The van der Waals surface area contributed by atoms with Gasteiger partial charge >= 0.3 is 0 Å². The van der Waals surface area contributed by atoms with E-state index >= 15 is 0 Å². The van der Waals surface area contributed by atoms with E-state index in [2.05, 4.69) is 24.1 Å². The number of sulfonamides is 1. The Balaban J connectivity index is 1.84. The predicted molar refractivity (Wildman–Crippen MR) is 109 cm³/mol. The van der Waals surface area contributed by atoms with Crippen LogP contribution in [0.25, 0.3) is 0 Å². The third-order valence-corrected chi connectivity index (χ3v) is 6.87. The molecule has 1 aliphatic heterocycles. The molecule has 6 heteroatoms. The Morgan fingerprint density at radius 1 is 1.15 bits per heavy atom. The maximum atomic E-state index is 13.2. The van der Waals surface area contributed by atoms with Crippen molar-refractivity contribution in [3.63, 3.8) is 0 Å². The van der Waals surface area contributed by atoms with Crippen LogP contribution in [0.4, 0.5) is 5.82 Å². The van der Waals surface area contributed by atoms with Gasteiger partial charge in [0.05, 0.1) is 10.9 Å². The van der Waals surface area contributed by atoms with E-state index in [1.165, 1.54) is 0 Å². The minimum Gasteiger partial charge on any atom is -0.370 e. The van der Waals surface area contributed by atoms with Crippen LogP contribution >= 0.6 is 0 Å². The van der Waals surface area contributed by atoms with Crippen molar-refractivity contribution in [1.82, 2.24) is 9.29 Å². The van der Waals surface area contributed by atoms with E-state index in [0.717, 1.165) is 42.8 Å². The van der Waals surface area contributed by atoms with Crippen LogP contribution in [0, 0.1) is 12.8 Å². The summed E-state index contributed by atoms with van der Waals surface area (Å²) < 4.78 is 28.1. The van der Waals surface area contributed by atoms with Crippen molar-refractivity contribution in [3.8, 4) is 0 Å². The number of pyridine rings is 1. The number of aromatic nitrogens is 1. The fourth-order valence-electron chi connectivity index (χ4n) is 3.39. The van der Waals surface area contributed by atoms with Crippen molar-refractivity contribution in [2.45, 2.75) is 51.0 Å². The molecule has 1 saturated heterocycles. The Labute approximate surface area is 162 Å². The molecule has 27 heavy (non-hydrogen) atoms. The van der Waals surface area contributed by atoms with Gasteiger partial charge in [-0.1, -0.05) is 44.0 Å². The first-order chi connectivity index (χ1) is 12.9. The average Bonchev–Trinajstić information content (AvgIpc) is 2.67. The van der Waals surface area contributed by atoms with Gasteiger partial charge in [-0.2, -0.15) is 4.31 Å². The lowest BCUT2D eigenvalue weighted by Crippen LogP contribution is -2.38. The van der Waals surface area contributed by atoms with Crippen molar-refractivity contribution in [3.05, 3.63) is 53.7 Å². The number of nitrogens with one attached hydrogen (secondary N) is 1. The van der Waals surface area contributed by atoms with E-state index in [-0.39, 0.29) is 6.04 Å². The molecule has 3 rings (SSSR count). The molecule has 0 radical (unpaired) electrons. The third kappa shape index (κ3) is 4.68. The maximum Gasteiger partial charge on any atom is 0.243 e. The molecule has 5 nitrogen and oxygen atoms in total. The van der Waals surface area contributed by atoms with E-state index in [4.69, 9.17) is 0 Å². The molecule has 0 saturated carbocycles. The van der Waals surface area contributed by atoms with E-state index in [1.54, 1.807) is 16.4 Å². The Hall–Kier alpha value is -1.92. The second kappa shape index (κ2) is 8.40. The van der Waals surface area contributed by atoms with Crippen LogP contribution in [-0.2, 0) is 10.0 Å². The summed E-state index contributed by atoms with van der Waals surface area (Å²) in [7, 11) is -3.52. The fraction of sp³-hybridized carbons (Fsp3) is 0.476. The topological polar surface area (TPSA) is 62.3 Å². The largest absolute Gasteiger partial charge is 0.370 e. The van der Waals surface area contributed by atoms with Gasteiger partial charge in [0.25, 0.3) is 0 Å². The fourth-order valence-corrected chi connectivity index (χ4v) is 5.07. The van der Waals surface area contributed by atoms with Gasteiger partial charge in [0.15, 0.2) is 0 Å². The van der Waals surface area contributed by atoms with Crippen LogP contribution in [0.2, 0.25) is 0 Å². The van der Waals surface area contributed by atoms with E-state index in [9.17, 15) is 8.42 Å². The first-order valence-electron chi connectivity index (χ1n) is 9.66. The lowest BCUT2D eigenvalue weighted by atomic mass is 9.99. The van der Waals surface area contributed by atoms with Gasteiger partial charge in [0.1, 0.15) is 5.82 Å². The number of nitrogens with zero attached hydrogens (tertiary/aromatic N) is 2. The van der Waals surface area contributed by atoms with Crippen LogP contribution in [0.15, 0.2) is 47.5 Å². The van der Waals surface area contributed by atoms with Crippen molar-refractivity contribution < 1.29 is 8.42 Å². The van der Waals surface area contributed by atoms with Crippen LogP contribution in [-0.4, -0.2) is 30.8 Å². The molecule has 0 aliphatic carbocycles. The van der Waals surface area contributed by atoms with E-state index < -0.39 is 10.0 Å². The molecule has 1 aliphatic rings. The van der Waals surface area contributed by atoms with Gasteiger partial charge < -0.3 is 5.32 Å². The highest BCUT2D eigenvalue weighted by Gasteiger charge is 2.34. The molecule has 0 amide bonds. The van der Waals surface area contributed by atoms with Crippen LogP contribution in [0.5, 0.6) is 0 Å². The van der Waals surface area contributed by atoms with Gasteiger partial charge in [0, 0.05) is 19.3 Å². The normalized spacial score (nSPS) is 18.6. The Morgan fingerprint density at radius 2 is 1.89 bits per heavy atom. The molecule has 1 aromatic heterocycles. The molecule has 1 fully saturated rings. The van der Waals surface area contributed by atoms with Crippen LogP contribution < -0.4 is 5.32 Å². The van der Waals surface area contributed by atoms with Gasteiger partial charge in [-0.25, -0.2) is 13.4 Å². The van der Waals surface area contributed by atoms with Gasteiger partial charge in [-0.15, -0.1) is 0 Å². The zero-order chi connectivity index (χ0) is 19.4. The summed E-state index contributed by atoms with van der Waals surface area (Å²) in [5.41, 5.74) is 2.01. The number of aryl methyl sites for hydroxylation is 1. The summed E-state index contributed by atoms with van der Waals surface area (Å²) >= 11 is 0. The number of hydrogen-bond acceptors (Lipinski definition) is 4. The highest BCUT2D eigenvalue weighted by Crippen LogP contribution is 2.35. The summed E-state index contributed by atoms with van der Waals surface area (Å²) in [6, 6.07) is 10.9. The van der Waals surface area contributed by atoms with Crippen LogP contribution in [0.3, 0.4) is 0 Å². The van der Waals surface area contributed by atoms with Crippen LogP contribution in [0.1, 0.15) is 50.3 Å². The SMILES string of the molecule is Cc1ccc(S(=O)(=O)N2CCCC[C@H]2c2ccc(NCC(C)C)nc2)cc1. The molecule has 0 bridgehead atoms. The molecule has 1 aromatic carbocycles. The second-order valence-corrected chi connectivity index (χ2v) is 9.58. The Kier molecular flexibility index (Phi) is 6.17. The maximum absolute atomic E-state index is 13.2. The highest BCUT2D eigenvalue weighted by molar-refractivity contribution is 7.89. The summed E-state index contributed by atoms with van der Waals surface area (Å²) in [5.74, 6) is 1.37. The zero-order valence-corrected chi connectivity index (χ0v) is 17.2. The number of rotatable bonds is 6. The quantitative estimate of drug-likeness (QED) is 0.799. The monoisotopic (exact) mass is 387 g/mol. The number of benzene rings is 1. The summed E-state index contributed by atoms with van der Waals surface area (Å²) in [4.78, 5) is 4.86. The molecular formula is C21H29N3O2S.